The topological polar surface area (TPSA) is 75.6 Å². The Kier molecular flexibility index (Phi) is 4.08. The lowest BCUT2D eigenvalue weighted by Gasteiger charge is -2.19. The highest BCUT2D eigenvalue weighted by Gasteiger charge is 2.20. The molecule has 1 aromatic carbocycles. The van der Waals surface area contributed by atoms with Gasteiger partial charge >= 0.3 is 12.1 Å². The van der Waals surface area contributed by atoms with Crippen LogP contribution in [0.3, 0.4) is 0 Å². The maximum absolute atomic E-state index is 13.4. The van der Waals surface area contributed by atoms with E-state index < -0.39 is 40.5 Å². The molecule has 0 spiro atoms. The van der Waals surface area contributed by atoms with Crippen LogP contribution in [0.4, 0.5) is 19.3 Å². The van der Waals surface area contributed by atoms with E-state index in [4.69, 9.17) is 9.84 Å². The number of hydrogen-bond donors (Lipinski definition) is 2. The molecule has 1 aromatic rings. The van der Waals surface area contributed by atoms with Crippen molar-refractivity contribution in [2.45, 2.75) is 26.4 Å². The van der Waals surface area contributed by atoms with Gasteiger partial charge in [0.15, 0.2) is 0 Å². The number of aromatic carboxylic acids is 1. The lowest BCUT2D eigenvalue weighted by molar-refractivity contribution is 0.0631. The highest BCUT2D eigenvalue weighted by molar-refractivity contribution is 5.91. The van der Waals surface area contributed by atoms with E-state index in [1.807, 2.05) is 5.32 Å². The number of benzene rings is 1. The third-order valence-electron chi connectivity index (χ3n) is 1.92. The van der Waals surface area contributed by atoms with Gasteiger partial charge in [-0.15, -0.1) is 0 Å². The molecule has 0 fully saturated rings. The highest BCUT2D eigenvalue weighted by atomic mass is 19.1. The molecule has 1 rings (SSSR count). The van der Waals surface area contributed by atoms with E-state index in [0.29, 0.717) is 12.1 Å². The van der Waals surface area contributed by atoms with E-state index >= 15 is 0 Å². The number of ether oxygens (including phenoxy) is 1. The highest BCUT2D eigenvalue weighted by Crippen LogP contribution is 2.20. The second kappa shape index (κ2) is 5.21. The van der Waals surface area contributed by atoms with Gasteiger partial charge < -0.3 is 9.84 Å². The van der Waals surface area contributed by atoms with Gasteiger partial charge in [0.05, 0.1) is 11.3 Å². The number of amides is 1. The molecule has 104 valence electrons. The Morgan fingerprint density at radius 1 is 1.21 bits per heavy atom. The Hall–Kier alpha value is -2.18. The smallest absolute Gasteiger partial charge is 0.412 e. The second-order valence-electron chi connectivity index (χ2n) is 4.74. The standard InChI is InChI=1S/C12H13F2NO4/c1-12(2,3)19-11(18)15-9-4-6(10(16)17)7(13)5-8(9)14/h4-5H,1-3H3,(H,15,18)(H,16,17). The van der Waals surface area contributed by atoms with Crippen molar-refractivity contribution in [3.8, 4) is 0 Å². The molecular weight excluding hydrogens is 260 g/mol. The van der Waals surface area contributed by atoms with Gasteiger partial charge in [0, 0.05) is 6.07 Å². The molecule has 0 aliphatic heterocycles. The first kappa shape index (κ1) is 14.9. The lowest BCUT2D eigenvalue weighted by atomic mass is 10.2. The summed E-state index contributed by atoms with van der Waals surface area (Å²) in [6.45, 7) is 4.82. The van der Waals surface area contributed by atoms with Crippen LogP contribution >= 0.6 is 0 Å². The minimum Gasteiger partial charge on any atom is -0.478 e. The zero-order valence-corrected chi connectivity index (χ0v) is 10.6. The summed E-state index contributed by atoms with van der Waals surface area (Å²) in [5, 5.41) is 10.7. The third kappa shape index (κ3) is 4.20. The number of nitrogens with one attached hydrogen (secondary N) is 1. The Bertz CT molecular complexity index is 523. The summed E-state index contributed by atoms with van der Waals surface area (Å²) in [4.78, 5) is 22.1. The van der Waals surface area contributed by atoms with E-state index in [9.17, 15) is 18.4 Å². The molecule has 0 saturated heterocycles. The normalized spacial score (nSPS) is 11.0. The van der Waals surface area contributed by atoms with Gasteiger partial charge in [-0.25, -0.2) is 18.4 Å². The number of hydrogen-bond acceptors (Lipinski definition) is 3. The largest absolute Gasteiger partial charge is 0.478 e. The zero-order chi connectivity index (χ0) is 14.8. The van der Waals surface area contributed by atoms with Crippen LogP contribution < -0.4 is 5.32 Å². The molecule has 0 atom stereocenters. The van der Waals surface area contributed by atoms with Crippen molar-refractivity contribution in [1.82, 2.24) is 0 Å². The van der Waals surface area contributed by atoms with E-state index in [1.54, 1.807) is 20.8 Å². The molecule has 0 aliphatic carbocycles. The number of anilines is 1. The molecule has 0 aromatic heterocycles. The van der Waals surface area contributed by atoms with Crippen molar-refractivity contribution in [2.75, 3.05) is 5.32 Å². The van der Waals surface area contributed by atoms with Crippen molar-refractivity contribution in [3.63, 3.8) is 0 Å². The van der Waals surface area contributed by atoms with Crippen molar-refractivity contribution >= 4 is 17.7 Å². The number of carboxylic acid groups (broad SMARTS) is 1. The van der Waals surface area contributed by atoms with Gasteiger partial charge in [0.1, 0.15) is 17.2 Å². The summed E-state index contributed by atoms with van der Waals surface area (Å²) in [6.07, 6.45) is -0.964. The van der Waals surface area contributed by atoms with Gasteiger partial charge in [-0.3, -0.25) is 5.32 Å². The Labute approximate surface area is 108 Å². The monoisotopic (exact) mass is 273 g/mol. The average molecular weight is 273 g/mol. The first-order valence-electron chi connectivity index (χ1n) is 5.32. The summed E-state index contributed by atoms with van der Waals surface area (Å²) >= 11 is 0. The maximum Gasteiger partial charge on any atom is 0.412 e. The average Bonchev–Trinajstić information content (AvgIpc) is 2.18. The van der Waals surface area contributed by atoms with Crippen molar-refractivity contribution < 1.29 is 28.2 Å². The quantitative estimate of drug-likeness (QED) is 0.868. The molecule has 1 amide bonds. The molecule has 5 nitrogen and oxygen atoms in total. The Morgan fingerprint density at radius 2 is 1.79 bits per heavy atom. The SMILES string of the molecule is CC(C)(C)OC(=O)Nc1cc(C(=O)O)c(F)cc1F. The van der Waals surface area contributed by atoms with E-state index in [0.717, 1.165) is 0 Å². The van der Waals surface area contributed by atoms with Crippen LogP contribution in [0.15, 0.2) is 12.1 Å². The summed E-state index contributed by atoms with van der Waals surface area (Å²) < 4.78 is 31.4. The minimum absolute atomic E-state index is 0.385. The van der Waals surface area contributed by atoms with Crippen LogP contribution in [0, 0.1) is 11.6 Å². The molecule has 0 heterocycles. The summed E-state index contributed by atoms with van der Waals surface area (Å²) in [7, 11) is 0. The predicted octanol–water partition coefficient (Wildman–Crippen LogP) is 3.01. The number of carbonyl (C=O) groups excluding carboxylic acids is 1. The first-order chi connectivity index (χ1) is 8.60. The fourth-order valence-electron chi connectivity index (χ4n) is 1.22. The Morgan fingerprint density at radius 3 is 2.26 bits per heavy atom. The van der Waals surface area contributed by atoms with Gasteiger partial charge in [-0.1, -0.05) is 0 Å². The second-order valence-corrected chi connectivity index (χ2v) is 4.74. The van der Waals surface area contributed by atoms with Gasteiger partial charge in [-0.2, -0.15) is 0 Å². The van der Waals surface area contributed by atoms with Crippen LogP contribution in [-0.2, 0) is 4.74 Å². The van der Waals surface area contributed by atoms with E-state index in [1.165, 1.54) is 0 Å². The number of carbonyl (C=O) groups is 2. The summed E-state index contributed by atoms with van der Waals surface area (Å²) in [5.41, 5.74) is -2.00. The molecule has 7 heteroatoms. The predicted molar refractivity (Wildman–Crippen MR) is 63.2 cm³/mol. The van der Waals surface area contributed by atoms with Crippen LogP contribution in [0.5, 0.6) is 0 Å². The summed E-state index contributed by atoms with van der Waals surface area (Å²) in [6, 6.07) is 1.08. The molecule has 19 heavy (non-hydrogen) atoms. The van der Waals surface area contributed by atoms with Crippen molar-refractivity contribution in [1.29, 1.82) is 0 Å². The van der Waals surface area contributed by atoms with Gasteiger partial charge in [-0.05, 0) is 26.8 Å². The maximum atomic E-state index is 13.4. The molecule has 0 bridgehead atoms. The number of rotatable bonds is 2. The van der Waals surface area contributed by atoms with Crippen LogP contribution in [-0.4, -0.2) is 22.8 Å². The molecule has 0 aliphatic rings. The van der Waals surface area contributed by atoms with E-state index in [-0.39, 0.29) is 0 Å². The number of carboxylic acids is 1. The van der Waals surface area contributed by atoms with Gasteiger partial charge in [0.25, 0.3) is 0 Å². The molecular formula is C12H13F2NO4. The van der Waals surface area contributed by atoms with Crippen molar-refractivity contribution in [2.24, 2.45) is 0 Å². The lowest BCUT2D eigenvalue weighted by Crippen LogP contribution is -2.27. The molecule has 0 saturated carbocycles. The third-order valence-corrected chi connectivity index (χ3v) is 1.92. The summed E-state index contributed by atoms with van der Waals surface area (Å²) in [5.74, 6) is -3.88. The van der Waals surface area contributed by atoms with E-state index in [2.05, 4.69) is 0 Å². The van der Waals surface area contributed by atoms with Crippen LogP contribution in [0.2, 0.25) is 0 Å². The fourth-order valence-corrected chi connectivity index (χ4v) is 1.22. The van der Waals surface area contributed by atoms with Crippen LogP contribution in [0.25, 0.3) is 0 Å². The Balaban J connectivity index is 2.99. The van der Waals surface area contributed by atoms with Crippen molar-refractivity contribution in [3.05, 3.63) is 29.3 Å². The minimum atomic E-state index is -1.57. The number of halogens is 2. The van der Waals surface area contributed by atoms with Gasteiger partial charge in [0.2, 0.25) is 0 Å². The molecule has 0 radical (unpaired) electrons. The molecule has 0 unspecified atom stereocenters. The fraction of sp³-hybridized carbons (Fsp3) is 0.333. The first-order valence-corrected chi connectivity index (χ1v) is 5.32. The zero-order valence-electron chi connectivity index (χ0n) is 10.6. The molecule has 2 N–H and O–H groups in total. The van der Waals surface area contributed by atoms with Crippen LogP contribution in [0.1, 0.15) is 31.1 Å².